The fourth-order valence-corrected chi connectivity index (χ4v) is 3.21. The number of anilines is 1. The van der Waals surface area contributed by atoms with Gasteiger partial charge in [-0.3, -0.25) is 14.9 Å². The van der Waals surface area contributed by atoms with Gasteiger partial charge in [-0.2, -0.15) is 5.10 Å². The quantitative estimate of drug-likeness (QED) is 0.774. The first-order chi connectivity index (χ1) is 12.2. The van der Waals surface area contributed by atoms with Gasteiger partial charge in [-0.25, -0.2) is 4.98 Å². The number of aromatic amines is 1. The Morgan fingerprint density at radius 2 is 2.08 bits per heavy atom. The number of nitrogens with zero attached hydrogens (tertiary/aromatic N) is 5. The zero-order valence-electron chi connectivity index (χ0n) is 14.1. The third-order valence-electron chi connectivity index (χ3n) is 4.55. The molecule has 1 saturated heterocycles. The lowest BCUT2D eigenvalue weighted by Crippen LogP contribution is -2.35. The van der Waals surface area contributed by atoms with Gasteiger partial charge < -0.3 is 9.80 Å². The number of aryl methyl sites for hydroxylation is 1. The van der Waals surface area contributed by atoms with Gasteiger partial charge in [0.05, 0.1) is 6.20 Å². The highest BCUT2D eigenvalue weighted by Crippen LogP contribution is 2.18. The maximum Gasteiger partial charge on any atom is 0.272 e. The first kappa shape index (κ1) is 15.6. The number of hydrogen-bond acceptors (Lipinski definition) is 5. The van der Waals surface area contributed by atoms with Crippen molar-refractivity contribution in [1.82, 2.24) is 25.1 Å². The van der Waals surface area contributed by atoms with Crippen LogP contribution in [-0.2, 0) is 0 Å². The molecule has 4 rings (SSSR count). The normalized spacial score (nSPS) is 15.4. The van der Waals surface area contributed by atoms with E-state index in [2.05, 4.69) is 31.1 Å². The van der Waals surface area contributed by atoms with Crippen molar-refractivity contribution in [3.8, 4) is 0 Å². The summed E-state index contributed by atoms with van der Waals surface area (Å²) in [4.78, 5) is 25.7. The van der Waals surface area contributed by atoms with E-state index in [9.17, 15) is 4.79 Å². The van der Waals surface area contributed by atoms with E-state index in [0.29, 0.717) is 17.9 Å². The summed E-state index contributed by atoms with van der Waals surface area (Å²) < 4.78 is 0. The van der Waals surface area contributed by atoms with Gasteiger partial charge in [-0.15, -0.1) is 0 Å². The van der Waals surface area contributed by atoms with E-state index in [1.54, 1.807) is 12.3 Å². The summed E-state index contributed by atoms with van der Waals surface area (Å²) >= 11 is 0. The number of pyridine rings is 2. The van der Waals surface area contributed by atoms with Gasteiger partial charge in [-0.05, 0) is 37.6 Å². The molecule has 0 atom stereocenters. The Labute approximate surface area is 145 Å². The second-order valence-corrected chi connectivity index (χ2v) is 6.29. The number of hydrogen-bond donors (Lipinski definition) is 1. The smallest absolute Gasteiger partial charge is 0.272 e. The molecule has 0 saturated carbocycles. The molecule has 7 nitrogen and oxygen atoms in total. The molecule has 0 unspecified atom stereocenters. The summed E-state index contributed by atoms with van der Waals surface area (Å²) in [5, 5.41) is 7.68. The molecule has 1 amide bonds. The lowest BCUT2D eigenvalue weighted by molar-refractivity contribution is 0.0761. The highest BCUT2D eigenvalue weighted by molar-refractivity contribution is 5.94. The SMILES string of the molecule is Cc1cc(N2CCCN(C(=O)c3ccc4cn[nH]c4n3)CC2)ccn1. The molecule has 1 aliphatic heterocycles. The Balaban J connectivity index is 1.49. The Kier molecular flexibility index (Phi) is 4.05. The van der Waals surface area contributed by atoms with Gasteiger partial charge in [0.2, 0.25) is 0 Å². The van der Waals surface area contributed by atoms with Crippen molar-refractivity contribution in [3.63, 3.8) is 0 Å². The minimum Gasteiger partial charge on any atom is -0.370 e. The molecule has 0 aliphatic carbocycles. The first-order valence-electron chi connectivity index (χ1n) is 8.48. The van der Waals surface area contributed by atoms with Crippen LogP contribution in [0.25, 0.3) is 11.0 Å². The molecule has 0 radical (unpaired) electrons. The van der Waals surface area contributed by atoms with E-state index in [0.717, 1.165) is 37.1 Å². The second kappa shape index (κ2) is 6.51. The number of rotatable bonds is 2. The van der Waals surface area contributed by atoms with Crippen LogP contribution >= 0.6 is 0 Å². The van der Waals surface area contributed by atoms with E-state index in [-0.39, 0.29) is 5.91 Å². The number of aromatic nitrogens is 4. The lowest BCUT2D eigenvalue weighted by atomic mass is 10.2. The number of fused-ring (bicyclic) bond motifs is 1. The van der Waals surface area contributed by atoms with E-state index in [1.807, 2.05) is 30.2 Å². The van der Waals surface area contributed by atoms with Crippen molar-refractivity contribution in [2.75, 3.05) is 31.1 Å². The average Bonchev–Trinajstić information content (AvgIpc) is 2.95. The number of carbonyl (C=O) groups excluding carboxylic acids is 1. The molecular weight excluding hydrogens is 316 g/mol. The molecule has 4 heterocycles. The van der Waals surface area contributed by atoms with Gasteiger partial charge >= 0.3 is 0 Å². The van der Waals surface area contributed by atoms with Crippen molar-refractivity contribution in [1.29, 1.82) is 0 Å². The largest absolute Gasteiger partial charge is 0.370 e. The molecule has 1 N–H and O–H groups in total. The number of H-pyrrole nitrogens is 1. The highest BCUT2D eigenvalue weighted by Gasteiger charge is 2.21. The molecule has 1 fully saturated rings. The van der Waals surface area contributed by atoms with Crippen LogP contribution in [-0.4, -0.2) is 57.2 Å². The molecule has 25 heavy (non-hydrogen) atoms. The maximum absolute atomic E-state index is 12.8. The van der Waals surface area contributed by atoms with Gasteiger partial charge in [0.25, 0.3) is 5.91 Å². The molecular formula is C18H20N6O. The summed E-state index contributed by atoms with van der Waals surface area (Å²) in [6.45, 7) is 5.15. The molecule has 0 bridgehead atoms. The molecule has 3 aromatic rings. The first-order valence-corrected chi connectivity index (χ1v) is 8.48. The Bertz CT molecular complexity index is 905. The van der Waals surface area contributed by atoms with Crippen molar-refractivity contribution >= 4 is 22.6 Å². The average molecular weight is 336 g/mol. The number of amides is 1. The van der Waals surface area contributed by atoms with Crippen LogP contribution in [0.5, 0.6) is 0 Å². The zero-order valence-corrected chi connectivity index (χ0v) is 14.1. The zero-order chi connectivity index (χ0) is 17.2. The van der Waals surface area contributed by atoms with Crippen LogP contribution in [0.1, 0.15) is 22.6 Å². The fraction of sp³-hybridized carbons (Fsp3) is 0.333. The van der Waals surface area contributed by atoms with Crippen LogP contribution in [0.2, 0.25) is 0 Å². The predicted octanol–water partition coefficient (Wildman–Crippen LogP) is 2.01. The van der Waals surface area contributed by atoms with Crippen LogP contribution < -0.4 is 4.90 Å². The minimum atomic E-state index is -0.0238. The summed E-state index contributed by atoms with van der Waals surface area (Å²) in [5.74, 6) is -0.0238. The van der Waals surface area contributed by atoms with Crippen LogP contribution in [0.4, 0.5) is 5.69 Å². The van der Waals surface area contributed by atoms with Crippen LogP contribution in [0.15, 0.2) is 36.7 Å². The van der Waals surface area contributed by atoms with Crippen LogP contribution in [0.3, 0.4) is 0 Å². The lowest BCUT2D eigenvalue weighted by Gasteiger charge is -2.23. The third-order valence-corrected chi connectivity index (χ3v) is 4.55. The van der Waals surface area contributed by atoms with Gasteiger partial charge in [0, 0.05) is 49.1 Å². The molecule has 7 heteroatoms. The second-order valence-electron chi connectivity index (χ2n) is 6.29. The van der Waals surface area contributed by atoms with Crippen molar-refractivity contribution in [3.05, 3.63) is 48.0 Å². The van der Waals surface area contributed by atoms with Crippen molar-refractivity contribution in [2.45, 2.75) is 13.3 Å². The molecule has 0 aromatic carbocycles. The van der Waals surface area contributed by atoms with E-state index >= 15 is 0 Å². The van der Waals surface area contributed by atoms with E-state index in [1.165, 1.54) is 5.69 Å². The Morgan fingerprint density at radius 3 is 2.96 bits per heavy atom. The summed E-state index contributed by atoms with van der Waals surface area (Å²) in [7, 11) is 0. The topological polar surface area (TPSA) is 78.0 Å². The maximum atomic E-state index is 12.8. The van der Waals surface area contributed by atoms with Gasteiger partial charge in [-0.1, -0.05) is 0 Å². The summed E-state index contributed by atoms with van der Waals surface area (Å²) in [6.07, 6.45) is 4.47. The number of carbonyl (C=O) groups is 1. The van der Waals surface area contributed by atoms with E-state index in [4.69, 9.17) is 0 Å². The van der Waals surface area contributed by atoms with Gasteiger partial charge in [0.15, 0.2) is 5.65 Å². The summed E-state index contributed by atoms with van der Waals surface area (Å²) in [6, 6.07) is 7.77. The molecule has 3 aromatic heterocycles. The monoisotopic (exact) mass is 336 g/mol. The molecule has 1 aliphatic rings. The Morgan fingerprint density at radius 1 is 1.16 bits per heavy atom. The highest BCUT2D eigenvalue weighted by atomic mass is 16.2. The third kappa shape index (κ3) is 3.17. The standard InChI is InChI=1S/C18H20N6O/c1-13-11-15(5-6-19-13)23-7-2-8-24(10-9-23)18(25)16-4-3-14-12-20-22-17(14)21-16/h3-6,11-12H,2,7-10H2,1H3,(H,20,21,22). The molecule has 0 spiro atoms. The number of nitrogens with one attached hydrogen (secondary N) is 1. The van der Waals surface area contributed by atoms with Crippen molar-refractivity contribution in [2.24, 2.45) is 0 Å². The van der Waals surface area contributed by atoms with Crippen molar-refractivity contribution < 1.29 is 4.79 Å². The Hall–Kier alpha value is -2.96. The fourth-order valence-electron chi connectivity index (χ4n) is 3.21. The van der Waals surface area contributed by atoms with Crippen LogP contribution in [0, 0.1) is 6.92 Å². The minimum absolute atomic E-state index is 0.0238. The van der Waals surface area contributed by atoms with Gasteiger partial charge in [0.1, 0.15) is 5.69 Å². The van der Waals surface area contributed by atoms with E-state index < -0.39 is 0 Å². The summed E-state index contributed by atoms with van der Waals surface area (Å²) in [5.41, 5.74) is 3.28. The molecule has 128 valence electrons. The predicted molar refractivity (Wildman–Crippen MR) is 95.6 cm³/mol.